The highest BCUT2D eigenvalue weighted by Crippen LogP contribution is 2.38. The average molecular weight is 298 g/mol. The topological polar surface area (TPSA) is 32.3 Å². The molecule has 0 aromatic heterocycles. The summed E-state index contributed by atoms with van der Waals surface area (Å²) in [7, 11) is 0. The summed E-state index contributed by atoms with van der Waals surface area (Å²) in [6, 6.07) is 14.5. The number of fused-ring (bicyclic) bond motifs is 1. The van der Waals surface area contributed by atoms with Crippen molar-refractivity contribution in [2.24, 2.45) is 0 Å². The Morgan fingerprint density at radius 3 is 2.55 bits per heavy atom. The molecule has 0 saturated carbocycles. The summed E-state index contributed by atoms with van der Waals surface area (Å²) in [4.78, 5) is 13.8. The molecular formula is C18H19FN2O. The van der Waals surface area contributed by atoms with Gasteiger partial charge in [-0.2, -0.15) is 0 Å². The maximum absolute atomic E-state index is 13.0. The Morgan fingerprint density at radius 1 is 1.18 bits per heavy atom. The fraction of sp³-hybridized carbons (Fsp3) is 0.278. The minimum Gasteiger partial charge on any atom is -0.378 e. The molecule has 0 aliphatic carbocycles. The van der Waals surface area contributed by atoms with E-state index in [9.17, 15) is 9.18 Å². The highest BCUT2D eigenvalue weighted by molar-refractivity contribution is 5.93. The smallest absolute Gasteiger partial charge is 0.224 e. The predicted molar refractivity (Wildman–Crippen MR) is 86.4 cm³/mol. The molecule has 1 N–H and O–H groups in total. The Hall–Kier alpha value is -2.36. The molecule has 2 aromatic carbocycles. The van der Waals surface area contributed by atoms with Crippen LogP contribution in [0.15, 0.2) is 48.5 Å². The van der Waals surface area contributed by atoms with Gasteiger partial charge in [0.2, 0.25) is 5.91 Å². The van der Waals surface area contributed by atoms with E-state index in [0.717, 1.165) is 23.4 Å². The van der Waals surface area contributed by atoms with Crippen LogP contribution in [-0.2, 0) is 4.79 Å². The number of rotatable bonds is 2. The maximum Gasteiger partial charge on any atom is 0.224 e. The Morgan fingerprint density at radius 2 is 1.86 bits per heavy atom. The minimum atomic E-state index is -0.245. The zero-order valence-electron chi connectivity index (χ0n) is 12.7. The molecule has 1 heterocycles. The first kappa shape index (κ1) is 14.6. The second-order valence-corrected chi connectivity index (χ2v) is 5.74. The van der Waals surface area contributed by atoms with Crippen LogP contribution < -0.4 is 10.2 Å². The normalized spacial score (nSPS) is 20.4. The van der Waals surface area contributed by atoms with Gasteiger partial charge in [0.25, 0.3) is 0 Å². The molecule has 2 atom stereocenters. The molecule has 114 valence electrons. The lowest BCUT2D eigenvalue weighted by molar-refractivity contribution is -0.117. The van der Waals surface area contributed by atoms with Gasteiger partial charge in [-0.1, -0.05) is 18.2 Å². The molecule has 2 unspecified atom stereocenters. The molecular weight excluding hydrogens is 279 g/mol. The first-order valence-electron chi connectivity index (χ1n) is 7.47. The molecule has 4 heteroatoms. The van der Waals surface area contributed by atoms with E-state index in [0.29, 0.717) is 0 Å². The van der Waals surface area contributed by atoms with Crippen LogP contribution in [0.3, 0.4) is 0 Å². The first-order chi connectivity index (χ1) is 10.6. The number of amides is 1. The van der Waals surface area contributed by atoms with Gasteiger partial charge in [0.1, 0.15) is 5.82 Å². The van der Waals surface area contributed by atoms with Gasteiger partial charge >= 0.3 is 0 Å². The van der Waals surface area contributed by atoms with Gasteiger partial charge < -0.3 is 10.2 Å². The van der Waals surface area contributed by atoms with Crippen LogP contribution >= 0.6 is 0 Å². The van der Waals surface area contributed by atoms with Crippen molar-refractivity contribution < 1.29 is 9.18 Å². The number of halogens is 1. The molecule has 22 heavy (non-hydrogen) atoms. The van der Waals surface area contributed by atoms with Crippen molar-refractivity contribution in [1.29, 1.82) is 0 Å². The molecule has 1 amide bonds. The van der Waals surface area contributed by atoms with Crippen molar-refractivity contribution in [2.75, 3.05) is 10.2 Å². The van der Waals surface area contributed by atoms with Crippen molar-refractivity contribution >= 4 is 17.3 Å². The largest absolute Gasteiger partial charge is 0.378 e. The number of para-hydroxylation sites is 1. The van der Waals surface area contributed by atoms with Gasteiger partial charge in [0.05, 0.1) is 6.04 Å². The van der Waals surface area contributed by atoms with Crippen LogP contribution in [0.25, 0.3) is 0 Å². The molecule has 0 spiro atoms. The first-order valence-corrected chi connectivity index (χ1v) is 7.47. The summed E-state index contributed by atoms with van der Waals surface area (Å²) >= 11 is 0. The van der Waals surface area contributed by atoms with Crippen molar-refractivity contribution in [1.82, 2.24) is 0 Å². The molecule has 0 saturated heterocycles. The summed E-state index contributed by atoms with van der Waals surface area (Å²) in [6.07, 6.45) is 0.813. The monoisotopic (exact) mass is 298 g/mol. The fourth-order valence-electron chi connectivity index (χ4n) is 3.18. The highest BCUT2D eigenvalue weighted by Gasteiger charge is 2.31. The Kier molecular flexibility index (Phi) is 3.84. The van der Waals surface area contributed by atoms with E-state index < -0.39 is 0 Å². The number of hydrogen-bond acceptors (Lipinski definition) is 2. The second kappa shape index (κ2) is 5.79. The summed E-state index contributed by atoms with van der Waals surface area (Å²) < 4.78 is 13.0. The number of anilines is 2. The number of nitrogens with one attached hydrogen (secondary N) is 1. The van der Waals surface area contributed by atoms with Crippen LogP contribution in [-0.4, -0.2) is 11.9 Å². The minimum absolute atomic E-state index is 0.0557. The van der Waals surface area contributed by atoms with Crippen molar-refractivity contribution in [3.63, 3.8) is 0 Å². The zero-order chi connectivity index (χ0) is 15.7. The van der Waals surface area contributed by atoms with Crippen LogP contribution in [0.1, 0.15) is 31.9 Å². The van der Waals surface area contributed by atoms with E-state index in [-0.39, 0.29) is 23.8 Å². The lowest BCUT2D eigenvalue weighted by atomic mass is 9.91. The van der Waals surface area contributed by atoms with Gasteiger partial charge in [0, 0.05) is 24.3 Å². The summed E-state index contributed by atoms with van der Waals surface area (Å²) in [5, 5.41) is 3.45. The molecule has 0 bridgehead atoms. The Bertz CT molecular complexity index is 684. The van der Waals surface area contributed by atoms with Crippen LogP contribution in [0.4, 0.5) is 15.8 Å². The number of hydrogen-bond donors (Lipinski definition) is 1. The van der Waals surface area contributed by atoms with Crippen LogP contribution in [0.2, 0.25) is 0 Å². The van der Waals surface area contributed by atoms with Gasteiger partial charge in [-0.3, -0.25) is 4.79 Å². The fourth-order valence-corrected chi connectivity index (χ4v) is 3.18. The predicted octanol–water partition coefficient (Wildman–Crippen LogP) is 4.12. The van der Waals surface area contributed by atoms with Crippen molar-refractivity contribution in [3.05, 3.63) is 59.9 Å². The van der Waals surface area contributed by atoms with E-state index in [4.69, 9.17) is 0 Å². The number of carbonyl (C=O) groups excluding carboxylic acids is 1. The SMILES string of the molecule is CC(=O)N1c2ccccc2C(Nc2ccc(F)cc2)CC1C. The van der Waals surface area contributed by atoms with Gasteiger partial charge in [-0.05, 0) is 49.2 Å². The molecule has 0 fully saturated rings. The number of nitrogens with zero attached hydrogens (tertiary/aromatic N) is 1. The third-order valence-corrected chi connectivity index (χ3v) is 4.11. The zero-order valence-corrected chi connectivity index (χ0v) is 12.7. The standard InChI is InChI=1S/C18H19FN2O/c1-12-11-17(20-15-9-7-14(19)8-10-15)16-5-3-4-6-18(16)21(12)13(2)22/h3-10,12,17,20H,11H2,1-2H3. The third-order valence-electron chi connectivity index (χ3n) is 4.11. The molecule has 0 radical (unpaired) electrons. The Labute approximate surface area is 129 Å². The van der Waals surface area contributed by atoms with Gasteiger partial charge in [-0.15, -0.1) is 0 Å². The second-order valence-electron chi connectivity index (χ2n) is 5.74. The van der Waals surface area contributed by atoms with Gasteiger partial charge in [-0.25, -0.2) is 4.39 Å². The summed E-state index contributed by atoms with van der Waals surface area (Å²) in [5.74, 6) is -0.189. The van der Waals surface area contributed by atoms with E-state index in [1.54, 1.807) is 19.1 Å². The highest BCUT2D eigenvalue weighted by atomic mass is 19.1. The van der Waals surface area contributed by atoms with E-state index in [1.165, 1.54) is 12.1 Å². The molecule has 3 nitrogen and oxygen atoms in total. The van der Waals surface area contributed by atoms with E-state index in [1.807, 2.05) is 29.2 Å². The van der Waals surface area contributed by atoms with Crippen molar-refractivity contribution in [2.45, 2.75) is 32.4 Å². The molecule has 1 aliphatic heterocycles. The quantitative estimate of drug-likeness (QED) is 0.904. The van der Waals surface area contributed by atoms with Crippen molar-refractivity contribution in [3.8, 4) is 0 Å². The van der Waals surface area contributed by atoms with Gasteiger partial charge in [0.15, 0.2) is 0 Å². The molecule has 2 aromatic rings. The molecule has 3 rings (SSSR count). The van der Waals surface area contributed by atoms with E-state index >= 15 is 0 Å². The average Bonchev–Trinajstić information content (AvgIpc) is 2.49. The summed E-state index contributed by atoms with van der Waals surface area (Å²) in [6.45, 7) is 3.65. The van der Waals surface area contributed by atoms with Crippen LogP contribution in [0.5, 0.6) is 0 Å². The Balaban J connectivity index is 1.94. The molecule has 1 aliphatic rings. The third kappa shape index (κ3) is 2.69. The summed E-state index contributed by atoms with van der Waals surface area (Å²) in [5.41, 5.74) is 2.93. The number of carbonyl (C=O) groups is 1. The maximum atomic E-state index is 13.0. The van der Waals surface area contributed by atoms with E-state index in [2.05, 4.69) is 12.2 Å². The lowest BCUT2D eigenvalue weighted by Gasteiger charge is -2.39. The van der Waals surface area contributed by atoms with Crippen LogP contribution in [0, 0.1) is 5.82 Å². The number of benzene rings is 2. The lowest BCUT2D eigenvalue weighted by Crippen LogP contribution is -2.43.